The highest BCUT2D eigenvalue weighted by molar-refractivity contribution is 6.21. The van der Waals surface area contributed by atoms with Crippen LogP contribution in [0.2, 0.25) is 0 Å². The van der Waals surface area contributed by atoms with Gasteiger partial charge in [-0.2, -0.15) is 0 Å². The number of halogens is 2. The lowest BCUT2D eigenvalue weighted by atomic mass is 9.92. The van der Waals surface area contributed by atoms with E-state index in [9.17, 15) is 4.39 Å². The van der Waals surface area contributed by atoms with Gasteiger partial charge in [-0.1, -0.05) is 13.0 Å². The van der Waals surface area contributed by atoms with E-state index in [0.717, 1.165) is 16.7 Å². The number of hydrogen-bond acceptors (Lipinski definition) is 1. The molecule has 0 spiro atoms. The fourth-order valence-electron chi connectivity index (χ4n) is 2.01. The van der Waals surface area contributed by atoms with Crippen molar-refractivity contribution < 1.29 is 4.39 Å². The highest BCUT2D eigenvalue weighted by Crippen LogP contribution is 2.37. The van der Waals surface area contributed by atoms with Gasteiger partial charge in [-0.25, -0.2) is 4.39 Å². The van der Waals surface area contributed by atoms with Crippen molar-refractivity contribution in [1.82, 2.24) is 4.98 Å². The predicted octanol–water partition coefficient (Wildman–Crippen LogP) is 4.61. The maximum atomic E-state index is 13.3. The summed E-state index contributed by atoms with van der Waals surface area (Å²) in [6.07, 6.45) is 3.49. The summed E-state index contributed by atoms with van der Waals surface area (Å²) in [4.78, 5) is 3.99. The van der Waals surface area contributed by atoms with E-state index in [1.165, 1.54) is 12.1 Å². The van der Waals surface area contributed by atoms with Gasteiger partial charge in [0.05, 0.1) is 5.38 Å². The zero-order chi connectivity index (χ0) is 13.1. The van der Waals surface area contributed by atoms with Gasteiger partial charge in [0.15, 0.2) is 0 Å². The van der Waals surface area contributed by atoms with Gasteiger partial charge >= 0.3 is 0 Å². The van der Waals surface area contributed by atoms with Gasteiger partial charge in [0.25, 0.3) is 0 Å². The van der Waals surface area contributed by atoms with Crippen molar-refractivity contribution in [1.29, 1.82) is 0 Å². The van der Waals surface area contributed by atoms with Crippen molar-refractivity contribution in [3.63, 3.8) is 0 Å². The van der Waals surface area contributed by atoms with Gasteiger partial charge in [0.1, 0.15) is 5.82 Å². The molecule has 0 saturated carbocycles. The van der Waals surface area contributed by atoms with Gasteiger partial charge in [0.2, 0.25) is 0 Å². The largest absolute Gasteiger partial charge is 0.265 e. The normalized spacial score (nSPS) is 14.2. The highest BCUT2D eigenvalue weighted by atomic mass is 35.5. The molecule has 0 aliphatic heterocycles. The van der Waals surface area contributed by atoms with Crippen LogP contribution in [0.1, 0.15) is 34.9 Å². The van der Waals surface area contributed by atoms with Crippen LogP contribution in [-0.4, -0.2) is 4.98 Å². The molecule has 0 aliphatic rings. The molecule has 94 valence electrons. The van der Waals surface area contributed by atoms with Crippen LogP contribution in [0, 0.1) is 12.7 Å². The van der Waals surface area contributed by atoms with E-state index in [-0.39, 0.29) is 17.1 Å². The van der Waals surface area contributed by atoms with Crippen LogP contribution < -0.4 is 0 Å². The lowest BCUT2D eigenvalue weighted by Crippen LogP contribution is -2.05. The Bertz CT molecular complexity index is 527. The van der Waals surface area contributed by atoms with Crippen molar-refractivity contribution in [3.8, 4) is 0 Å². The number of benzene rings is 1. The lowest BCUT2D eigenvalue weighted by Gasteiger charge is -2.20. The zero-order valence-corrected chi connectivity index (χ0v) is 11.2. The second kappa shape index (κ2) is 5.49. The third-order valence-corrected chi connectivity index (χ3v) is 3.82. The van der Waals surface area contributed by atoms with Gasteiger partial charge in [0, 0.05) is 18.3 Å². The second-order valence-electron chi connectivity index (χ2n) is 4.47. The molecule has 2 rings (SSSR count). The van der Waals surface area contributed by atoms with Crippen LogP contribution in [0.5, 0.6) is 0 Å². The van der Waals surface area contributed by atoms with E-state index in [4.69, 9.17) is 11.6 Å². The van der Waals surface area contributed by atoms with Crippen LogP contribution in [0.3, 0.4) is 0 Å². The number of alkyl halides is 1. The molecule has 3 heteroatoms. The summed E-state index contributed by atoms with van der Waals surface area (Å²) in [5.41, 5.74) is 2.96. The maximum Gasteiger partial charge on any atom is 0.123 e. The predicted molar refractivity (Wildman–Crippen MR) is 72.4 cm³/mol. The summed E-state index contributed by atoms with van der Waals surface area (Å²) in [7, 11) is 0. The van der Waals surface area contributed by atoms with Crippen LogP contribution in [0.15, 0.2) is 42.7 Å². The first kappa shape index (κ1) is 13.0. The Morgan fingerprint density at radius 2 is 1.83 bits per heavy atom. The summed E-state index contributed by atoms with van der Waals surface area (Å²) >= 11 is 6.48. The zero-order valence-electron chi connectivity index (χ0n) is 10.4. The number of aryl methyl sites for hydroxylation is 1. The smallest absolute Gasteiger partial charge is 0.123 e. The van der Waals surface area contributed by atoms with Crippen LogP contribution in [-0.2, 0) is 0 Å². The minimum atomic E-state index is -0.247. The highest BCUT2D eigenvalue weighted by Gasteiger charge is 2.20. The number of hydrogen-bond donors (Lipinski definition) is 0. The van der Waals surface area contributed by atoms with Gasteiger partial charge in [-0.15, -0.1) is 11.6 Å². The van der Waals surface area contributed by atoms with E-state index >= 15 is 0 Å². The van der Waals surface area contributed by atoms with Gasteiger partial charge in [-0.3, -0.25) is 4.98 Å². The fourth-order valence-corrected chi connectivity index (χ4v) is 2.39. The molecule has 0 aliphatic carbocycles. The molecular weight excluding hydrogens is 249 g/mol. The van der Waals surface area contributed by atoms with Crippen molar-refractivity contribution >= 4 is 11.6 Å². The van der Waals surface area contributed by atoms with E-state index in [1.807, 2.05) is 26.0 Å². The van der Waals surface area contributed by atoms with Gasteiger partial charge < -0.3 is 0 Å². The van der Waals surface area contributed by atoms with E-state index < -0.39 is 0 Å². The molecular formula is C15H15ClFN. The van der Waals surface area contributed by atoms with Crippen molar-refractivity contribution in [2.75, 3.05) is 0 Å². The molecule has 1 aromatic carbocycles. The van der Waals surface area contributed by atoms with Gasteiger partial charge in [-0.05, 0) is 47.9 Å². The summed E-state index contributed by atoms with van der Waals surface area (Å²) in [5, 5.41) is -0.247. The average Bonchev–Trinajstić information content (AvgIpc) is 2.41. The lowest BCUT2D eigenvalue weighted by molar-refractivity contribution is 0.620. The number of pyridine rings is 1. The monoisotopic (exact) mass is 263 g/mol. The van der Waals surface area contributed by atoms with Crippen molar-refractivity contribution in [3.05, 3.63) is 65.2 Å². The molecule has 1 aromatic heterocycles. The van der Waals surface area contributed by atoms with Crippen molar-refractivity contribution in [2.24, 2.45) is 0 Å². The Balaban J connectivity index is 2.31. The number of aromatic nitrogens is 1. The standard InChI is InChI=1S/C15H15ClFN/c1-10-3-4-13(17)9-14(10)15(16)11(2)12-5-7-18-8-6-12/h3-9,11,15H,1-2H3. The first-order chi connectivity index (χ1) is 8.59. The molecule has 18 heavy (non-hydrogen) atoms. The molecule has 2 aromatic rings. The topological polar surface area (TPSA) is 12.9 Å². The Morgan fingerprint density at radius 3 is 2.50 bits per heavy atom. The molecule has 2 unspecified atom stereocenters. The Morgan fingerprint density at radius 1 is 1.17 bits per heavy atom. The molecule has 0 amide bonds. The molecule has 2 atom stereocenters. The van der Waals surface area contributed by atoms with E-state index in [0.29, 0.717) is 0 Å². The SMILES string of the molecule is Cc1ccc(F)cc1C(Cl)C(C)c1ccncc1. The number of rotatable bonds is 3. The summed E-state index contributed by atoms with van der Waals surface area (Å²) in [6, 6.07) is 8.62. The van der Waals surface area contributed by atoms with Crippen LogP contribution >= 0.6 is 11.6 Å². The number of nitrogens with zero attached hydrogens (tertiary/aromatic N) is 1. The summed E-state index contributed by atoms with van der Waals surface area (Å²) in [5.74, 6) is -0.140. The van der Waals surface area contributed by atoms with Crippen LogP contribution in [0.25, 0.3) is 0 Å². The fraction of sp³-hybridized carbons (Fsp3) is 0.267. The van der Waals surface area contributed by atoms with E-state index in [2.05, 4.69) is 4.98 Å². The molecule has 0 N–H and O–H groups in total. The average molecular weight is 264 g/mol. The van der Waals surface area contributed by atoms with Crippen LogP contribution in [0.4, 0.5) is 4.39 Å². The Kier molecular flexibility index (Phi) is 3.97. The molecule has 0 saturated heterocycles. The first-order valence-electron chi connectivity index (χ1n) is 5.89. The minimum absolute atomic E-state index is 0.107. The first-order valence-corrected chi connectivity index (χ1v) is 6.33. The molecule has 1 nitrogen and oxygen atoms in total. The minimum Gasteiger partial charge on any atom is -0.265 e. The molecule has 0 fully saturated rings. The maximum absolute atomic E-state index is 13.3. The third kappa shape index (κ3) is 2.70. The summed E-state index contributed by atoms with van der Waals surface area (Å²) < 4.78 is 13.3. The second-order valence-corrected chi connectivity index (χ2v) is 4.94. The Hall–Kier alpha value is -1.41. The molecule has 0 radical (unpaired) electrons. The summed E-state index contributed by atoms with van der Waals surface area (Å²) in [6.45, 7) is 3.99. The molecule has 0 bridgehead atoms. The quantitative estimate of drug-likeness (QED) is 0.737. The molecule has 1 heterocycles. The Labute approximate surface area is 112 Å². The van der Waals surface area contributed by atoms with E-state index in [1.54, 1.807) is 18.5 Å². The third-order valence-electron chi connectivity index (χ3n) is 3.21. The van der Waals surface area contributed by atoms with Crippen molar-refractivity contribution in [2.45, 2.75) is 25.1 Å².